The number of nitrogens with one attached hydrogen (secondary N) is 1. The van der Waals surface area contributed by atoms with Crippen molar-refractivity contribution in [2.45, 2.75) is 25.3 Å². The molecule has 0 saturated carbocycles. The first-order valence-electron chi connectivity index (χ1n) is 6.13. The summed E-state index contributed by atoms with van der Waals surface area (Å²) < 4.78 is 0. The molecule has 0 aliphatic carbocycles. The van der Waals surface area contributed by atoms with Gasteiger partial charge in [-0.25, -0.2) is 0 Å². The second kappa shape index (κ2) is 3.98. The highest BCUT2D eigenvalue weighted by Crippen LogP contribution is 2.33. The van der Waals surface area contributed by atoms with Gasteiger partial charge in [-0.2, -0.15) is 0 Å². The van der Waals surface area contributed by atoms with E-state index in [1.165, 1.54) is 31.5 Å². The zero-order chi connectivity index (χ0) is 11.0. The van der Waals surface area contributed by atoms with Crippen molar-refractivity contribution < 1.29 is 5.11 Å². The second-order valence-electron chi connectivity index (χ2n) is 4.85. The summed E-state index contributed by atoms with van der Waals surface area (Å²) in [5.41, 5.74) is 2.21. The Balaban J connectivity index is 1.72. The molecule has 1 aromatic rings. The Bertz CT molecular complexity index is 388. The molecule has 0 radical (unpaired) electrons. The van der Waals surface area contributed by atoms with Crippen LogP contribution in [-0.4, -0.2) is 35.7 Å². The van der Waals surface area contributed by atoms with Crippen LogP contribution in [0, 0.1) is 0 Å². The molecule has 1 unspecified atom stereocenters. The summed E-state index contributed by atoms with van der Waals surface area (Å²) >= 11 is 0. The number of aromatic hydroxyl groups is 1. The molecular weight excluding hydrogens is 200 g/mol. The van der Waals surface area contributed by atoms with Crippen LogP contribution < -0.4 is 5.32 Å². The van der Waals surface area contributed by atoms with Crippen molar-refractivity contribution in [2.24, 2.45) is 0 Å². The van der Waals surface area contributed by atoms with Gasteiger partial charge in [0.05, 0.1) is 5.69 Å². The van der Waals surface area contributed by atoms with E-state index in [4.69, 9.17) is 0 Å². The fourth-order valence-corrected chi connectivity index (χ4v) is 2.58. The van der Waals surface area contributed by atoms with Gasteiger partial charge in [-0.1, -0.05) is 12.1 Å². The number of rotatable bonds is 2. The van der Waals surface area contributed by atoms with Crippen molar-refractivity contribution in [1.29, 1.82) is 0 Å². The quantitative estimate of drug-likeness (QED) is 0.743. The number of para-hydroxylation sites is 1. The third-order valence-electron chi connectivity index (χ3n) is 3.67. The number of nitrogens with zero attached hydrogens (tertiary/aromatic N) is 1. The summed E-state index contributed by atoms with van der Waals surface area (Å²) in [4.78, 5) is 2.47. The Morgan fingerprint density at radius 3 is 3.00 bits per heavy atom. The number of benzene rings is 1. The fraction of sp³-hybridized carbons (Fsp3) is 0.538. The zero-order valence-electron chi connectivity index (χ0n) is 9.45. The maximum atomic E-state index is 9.80. The molecule has 2 N–H and O–H groups in total. The number of anilines is 1. The molecule has 16 heavy (non-hydrogen) atoms. The van der Waals surface area contributed by atoms with Crippen molar-refractivity contribution in [3.05, 3.63) is 23.8 Å². The first kappa shape index (κ1) is 9.97. The largest absolute Gasteiger partial charge is 0.506 e. The van der Waals surface area contributed by atoms with Crippen LogP contribution >= 0.6 is 0 Å². The summed E-state index contributed by atoms with van der Waals surface area (Å²) in [6.07, 6.45) is 3.59. The van der Waals surface area contributed by atoms with Crippen LogP contribution in [0.2, 0.25) is 0 Å². The van der Waals surface area contributed by atoms with Crippen molar-refractivity contribution in [1.82, 2.24) is 4.90 Å². The van der Waals surface area contributed by atoms with E-state index in [1.54, 1.807) is 6.07 Å². The number of aryl methyl sites for hydroxylation is 1. The predicted molar refractivity (Wildman–Crippen MR) is 64.9 cm³/mol. The van der Waals surface area contributed by atoms with Crippen molar-refractivity contribution in [3.8, 4) is 5.75 Å². The Labute approximate surface area is 96.1 Å². The average molecular weight is 218 g/mol. The molecule has 1 saturated heterocycles. The van der Waals surface area contributed by atoms with Gasteiger partial charge in [-0.3, -0.25) is 0 Å². The van der Waals surface area contributed by atoms with E-state index in [1.807, 2.05) is 6.07 Å². The number of phenolic OH excluding ortho intramolecular Hbond substituents is 1. The molecule has 2 aliphatic heterocycles. The van der Waals surface area contributed by atoms with E-state index in [0.29, 0.717) is 11.8 Å². The molecule has 1 atom stereocenters. The average Bonchev–Trinajstić information content (AvgIpc) is 2.24. The number of likely N-dealkylation sites (tertiary alicyclic amines) is 1. The third-order valence-corrected chi connectivity index (χ3v) is 3.67. The van der Waals surface area contributed by atoms with Crippen LogP contribution in [0.25, 0.3) is 0 Å². The summed E-state index contributed by atoms with van der Waals surface area (Å²) in [5.74, 6) is 0.394. The van der Waals surface area contributed by atoms with E-state index >= 15 is 0 Å². The van der Waals surface area contributed by atoms with Crippen LogP contribution in [-0.2, 0) is 6.42 Å². The van der Waals surface area contributed by atoms with E-state index in [-0.39, 0.29) is 0 Å². The number of fused-ring (bicyclic) bond motifs is 1. The molecule has 2 aliphatic rings. The molecule has 0 bridgehead atoms. The minimum absolute atomic E-state index is 0.394. The van der Waals surface area contributed by atoms with E-state index in [2.05, 4.69) is 16.3 Å². The van der Waals surface area contributed by atoms with Crippen LogP contribution in [0.15, 0.2) is 18.2 Å². The van der Waals surface area contributed by atoms with Gasteiger partial charge in [-0.15, -0.1) is 0 Å². The predicted octanol–water partition coefficient (Wildman–Crippen LogP) is 1.82. The van der Waals surface area contributed by atoms with Crippen molar-refractivity contribution in [3.63, 3.8) is 0 Å². The van der Waals surface area contributed by atoms with Crippen molar-refractivity contribution >= 4 is 5.69 Å². The Hall–Kier alpha value is -1.22. The number of phenols is 1. The number of hydrogen-bond acceptors (Lipinski definition) is 3. The maximum absolute atomic E-state index is 9.80. The lowest BCUT2D eigenvalue weighted by Crippen LogP contribution is -2.45. The van der Waals surface area contributed by atoms with Gasteiger partial charge in [0.15, 0.2) is 0 Å². The minimum Gasteiger partial charge on any atom is -0.506 e. The van der Waals surface area contributed by atoms with E-state index in [9.17, 15) is 5.11 Å². The van der Waals surface area contributed by atoms with Gasteiger partial charge in [-0.05, 0) is 44.0 Å². The molecule has 0 aromatic heterocycles. The lowest BCUT2D eigenvalue weighted by Gasteiger charge is -2.36. The first-order valence-corrected chi connectivity index (χ1v) is 6.13. The van der Waals surface area contributed by atoms with Crippen LogP contribution in [0.1, 0.15) is 18.4 Å². The summed E-state index contributed by atoms with van der Waals surface area (Å²) in [5, 5.41) is 13.3. The molecule has 0 spiro atoms. The highest BCUT2D eigenvalue weighted by atomic mass is 16.3. The van der Waals surface area contributed by atoms with Gasteiger partial charge < -0.3 is 15.3 Å². The van der Waals surface area contributed by atoms with Gasteiger partial charge in [0.1, 0.15) is 5.75 Å². The normalized spacial score (nSPS) is 24.4. The molecular formula is C13H18N2O. The monoisotopic (exact) mass is 218 g/mol. The SMILES string of the molecule is Oc1cccc2c1NC(CN1CCC1)CC2. The lowest BCUT2D eigenvalue weighted by molar-refractivity contribution is 0.171. The zero-order valence-corrected chi connectivity index (χ0v) is 9.45. The van der Waals surface area contributed by atoms with Gasteiger partial charge in [0, 0.05) is 12.6 Å². The highest BCUT2D eigenvalue weighted by molar-refractivity contribution is 5.63. The van der Waals surface area contributed by atoms with Gasteiger partial charge in [0.2, 0.25) is 0 Å². The maximum Gasteiger partial charge on any atom is 0.138 e. The summed E-state index contributed by atoms with van der Waals surface area (Å²) in [6, 6.07) is 6.28. The van der Waals surface area contributed by atoms with Crippen LogP contribution in [0.5, 0.6) is 5.75 Å². The Morgan fingerprint density at radius 1 is 1.38 bits per heavy atom. The summed E-state index contributed by atoms with van der Waals surface area (Å²) in [7, 11) is 0. The highest BCUT2D eigenvalue weighted by Gasteiger charge is 2.23. The van der Waals surface area contributed by atoms with E-state index in [0.717, 1.165) is 18.7 Å². The van der Waals surface area contributed by atoms with Crippen molar-refractivity contribution in [2.75, 3.05) is 25.0 Å². The van der Waals surface area contributed by atoms with E-state index < -0.39 is 0 Å². The fourth-order valence-electron chi connectivity index (χ4n) is 2.58. The molecule has 2 heterocycles. The van der Waals surface area contributed by atoms with Gasteiger partial charge >= 0.3 is 0 Å². The Morgan fingerprint density at radius 2 is 2.25 bits per heavy atom. The molecule has 1 fully saturated rings. The standard InChI is InChI=1S/C13H18N2O/c16-12-4-1-3-10-5-6-11(14-13(10)12)9-15-7-2-8-15/h1,3-4,11,14,16H,2,5-9H2. The molecule has 3 rings (SSSR count). The molecule has 0 amide bonds. The Kier molecular flexibility index (Phi) is 2.48. The molecule has 3 nitrogen and oxygen atoms in total. The number of hydrogen-bond donors (Lipinski definition) is 2. The van der Waals surface area contributed by atoms with Crippen LogP contribution in [0.3, 0.4) is 0 Å². The lowest BCUT2D eigenvalue weighted by atomic mass is 9.96. The minimum atomic E-state index is 0.394. The molecule has 3 heteroatoms. The third kappa shape index (κ3) is 1.76. The first-order chi connectivity index (χ1) is 7.83. The van der Waals surface area contributed by atoms with Crippen LogP contribution in [0.4, 0.5) is 5.69 Å². The topological polar surface area (TPSA) is 35.5 Å². The molecule has 1 aromatic carbocycles. The van der Waals surface area contributed by atoms with Gasteiger partial charge in [0.25, 0.3) is 0 Å². The second-order valence-corrected chi connectivity index (χ2v) is 4.85. The summed E-state index contributed by atoms with van der Waals surface area (Å²) in [6.45, 7) is 3.60. The molecule has 86 valence electrons. The smallest absolute Gasteiger partial charge is 0.138 e.